The highest BCUT2D eigenvalue weighted by Crippen LogP contribution is 2.25. The maximum Gasteiger partial charge on any atom is 0.322 e. The lowest BCUT2D eigenvalue weighted by Crippen LogP contribution is -2.38. The van der Waals surface area contributed by atoms with Crippen molar-refractivity contribution in [2.75, 3.05) is 31.6 Å². The number of anilines is 1. The van der Waals surface area contributed by atoms with E-state index in [4.69, 9.17) is 4.74 Å². The van der Waals surface area contributed by atoms with Gasteiger partial charge in [0.1, 0.15) is 12.3 Å². The van der Waals surface area contributed by atoms with Crippen molar-refractivity contribution in [3.8, 4) is 5.75 Å². The van der Waals surface area contributed by atoms with Crippen LogP contribution in [-0.2, 0) is 24.3 Å². The minimum absolute atomic E-state index is 0.104. The maximum absolute atomic E-state index is 12.9. The molecular formula is C26H32N4O3. The Balaban J connectivity index is 1.43. The van der Waals surface area contributed by atoms with Crippen molar-refractivity contribution in [1.82, 2.24) is 14.4 Å². The molecule has 2 heterocycles. The molecule has 1 aromatic heterocycles. The van der Waals surface area contributed by atoms with E-state index < -0.39 is 0 Å². The molecule has 3 aromatic rings. The highest BCUT2D eigenvalue weighted by Gasteiger charge is 2.21. The number of carbonyl (C=O) groups is 2. The third-order valence-corrected chi connectivity index (χ3v) is 6.23. The number of ether oxygens (including phenoxy) is 1. The largest absolute Gasteiger partial charge is 0.494 e. The van der Waals surface area contributed by atoms with Gasteiger partial charge in [0.05, 0.1) is 6.61 Å². The van der Waals surface area contributed by atoms with Crippen molar-refractivity contribution < 1.29 is 14.3 Å². The SMILES string of the molecule is CCOc1ccc2c(c1)CN(C(=O)Nc1ccc3c(ccn3CC(=O)N(CC)CC)c1)CC2. The Morgan fingerprint density at radius 3 is 2.61 bits per heavy atom. The molecule has 3 amide bonds. The molecule has 0 bridgehead atoms. The van der Waals surface area contributed by atoms with Crippen LogP contribution in [-0.4, -0.2) is 52.5 Å². The number of hydrogen-bond acceptors (Lipinski definition) is 3. The van der Waals surface area contributed by atoms with Gasteiger partial charge in [0.25, 0.3) is 0 Å². The summed E-state index contributed by atoms with van der Waals surface area (Å²) in [7, 11) is 0. The van der Waals surface area contributed by atoms with Gasteiger partial charge in [0, 0.05) is 49.0 Å². The Hall–Kier alpha value is -3.48. The molecule has 2 aromatic carbocycles. The summed E-state index contributed by atoms with van der Waals surface area (Å²) in [4.78, 5) is 29.1. The van der Waals surface area contributed by atoms with E-state index in [1.54, 1.807) is 0 Å². The summed E-state index contributed by atoms with van der Waals surface area (Å²) in [5.74, 6) is 0.945. The Labute approximate surface area is 194 Å². The van der Waals surface area contributed by atoms with E-state index >= 15 is 0 Å². The molecule has 7 heteroatoms. The number of aromatic nitrogens is 1. The Morgan fingerprint density at radius 1 is 1.03 bits per heavy atom. The summed E-state index contributed by atoms with van der Waals surface area (Å²) in [5.41, 5.74) is 4.12. The van der Waals surface area contributed by atoms with Gasteiger partial charge in [0.15, 0.2) is 0 Å². The van der Waals surface area contributed by atoms with Crippen molar-refractivity contribution in [3.05, 3.63) is 59.8 Å². The fourth-order valence-corrected chi connectivity index (χ4v) is 4.40. The lowest BCUT2D eigenvalue weighted by atomic mass is 10.00. The Morgan fingerprint density at radius 2 is 1.85 bits per heavy atom. The van der Waals surface area contributed by atoms with E-state index in [1.165, 1.54) is 5.56 Å². The van der Waals surface area contributed by atoms with E-state index in [9.17, 15) is 9.59 Å². The predicted molar refractivity (Wildman–Crippen MR) is 131 cm³/mol. The van der Waals surface area contributed by atoms with Crippen LogP contribution in [0.5, 0.6) is 5.75 Å². The molecule has 0 saturated carbocycles. The van der Waals surface area contributed by atoms with Crippen LogP contribution in [0, 0.1) is 0 Å². The molecule has 7 nitrogen and oxygen atoms in total. The highest BCUT2D eigenvalue weighted by atomic mass is 16.5. The normalized spacial score (nSPS) is 13.0. The van der Waals surface area contributed by atoms with Crippen molar-refractivity contribution in [2.45, 2.75) is 40.3 Å². The molecule has 0 aliphatic carbocycles. The van der Waals surface area contributed by atoms with Crippen LogP contribution in [0.2, 0.25) is 0 Å². The molecule has 0 unspecified atom stereocenters. The smallest absolute Gasteiger partial charge is 0.322 e. The number of nitrogens with zero attached hydrogens (tertiary/aromatic N) is 3. The average Bonchev–Trinajstić information content (AvgIpc) is 3.21. The van der Waals surface area contributed by atoms with Crippen LogP contribution < -0.4 is 10.1 Å². The lowest BCUT2D eigenvalue weighted by molar-refractivity contribution is -0.131. The molecule has 33 heavy (non-hydrogen) atoms. The number of urea groups is 1. The van der Waals surface area contributed by atoms with E-state index in [2.05, 4.69) is 11.4 Å². The average molecular weight is 449 g/mol. The van der Waals surface area contributed by atoms with Crippen LogP contribution in [0.4, 0.5) is 10.5 Å². The van der Waals surface area contributed by atoms with E-state index in [0.29, 0.717) is 39.3 Å². The molecule has 1 aliphatic heterocycles. The molecule has 1 N–H and O–H groups in total. The van der Waals surface area contributed by atoms with Crippen molar-refractivity contribution >= 4 is 28.5 Å². The third kappa shape index (κ3) is 4.97. The fourth-order valence-electron chi connectivity index (χ4n) is 4.40. The van der Waals surface area contributed by atoms with Crippen molar-refractivity contribution in [3.63, 3.8) is 0 Å². The second-order valence-electron chi connectivity index (χ2n) is 8.25. The summed E-state index contributed by atoms with van der Waals surface area (Å²) >= 11 is 0. The molecule has 174 valence electrons. The highest BCUT2D eigenvalue weighted by molar-refractivity contribution is 5.93. The Kier molecular flexibility index (Phi) is 6.87. The maximum atomic E-state index is 12.9. The first-order valence-corrected chi connectivity index (χ1v) is 11.7. The van der Waals surface area contributed by atoms with Crippen molar-refractivity contribution in [2.24, 2.45) is 0 Å². The summed E-state index contributed by atoms with van der Waals surface area (Å²) in [6.45, 7) is 9.54. The predicted octanol–water partition coefficient (Wildman–Crippen LogP) is 4.50. The second kappa shape index (κ2) is 9.98. The molecular weight excluding hydrogens is 416 g/mol. The zero-order chi connectivity index (χ0) is 23.4. The summed E-state index contributed by atoms with van der Waals surface area (Å²) < 4.78 is 7.57. The molecule has 0 fully saturated rings. The number of benzene rings is 2. The molecule has 0 spiro atoms. The van der Waals surface area contributed by atoms with Crippen molar-refractivity contribution in [1.29, 1.82) is 0 Å². The summed E-state index contributed by atoms with van der Waals surface area (Å²) in [5, 5.41) is 4.02. The molecule has 0 saturated heterocycles. The van der Waals surface area contributed by atoms with Gasteiger partial charge in [-0.3, -0.25) is 4.79 Å². The topological polar surface area (TPSA) is 66.8 Å². The van der Waals surface area contributed by atoms with E-state index in [0.717, 1.165) is 34.3 Å². The van der Waals surface area contributed by atoms with Gasteiger partial charge in [-0.1, -0.05) is 6.07 Å². The van der Waals surface area contributed by atoms with Gasteiger partial charge < -0.3 is 24.4 Å². The number of hydrogen-bond donors (Lipinski definition) is 1. The number of likely N-dealkylation sites (N-methyl/N-ethyl adjacent to an activating group) is 1. The number of fused-ring (bicyclic) bond motifs is 2. The Bertz CT molecular complexity index is 1150. The first kappa shape index (κ1) is 22.7. The van der Waals surface area contributed by atoms with Crippen LogP contribution >= 0.6 is 0 Å². The summed E-state index contributed by atoms with van der Waals surface area (Å²) in [6.07, 6.45) is 2.76. The zero-order valence-electron chi connectivity index (χ0n) is 19.6. The number of carbonyl (C=O) groups excluding carboxylic acids is 2. The lowest BCUT2D eigenvalue weighted by Gasteiger charge is -2.29. The third-order valence-electron chi connectivity index (χ3n) is 6.23. The van der Waals surface area contributed by atoms with Gasteiger partial charge in [-0.15, -0.1) is 0 Å². The molecule has 0 atom stereocenters. The first-order chi connectivity index (χ1) is 16.0. The zero-order valence-corrected chi connectivity index (χ0v) is 19.6. The number of amides is 3. The quantitative estimate of drug-likeness (QED) is 0.579. The van der Waals surface area contributed by atoms with Gasteiger partial charge in [-0.05, 0) is 74.7 Å². The monoisotopic (exact) mass is 448 g/mol. The first-order valence-electron chi connectivity index (χ1n) is 11.7. The van der Waals surface area contributed by atoms with Crippen LogP contribution in [0.15, 0.2) is 48.7 Å². The van der Waals surface area contributed by atoms with E-state index in [1.807, 2.05) is 77.7 Å². The number of nitrogens with one attached hydrogen (secondary N) is 1. The van der Waals surface area contributed by atoms with Crippen LogP contribution in [0.25, 0.3) is 10.9 Å². The van der Waals surface area contributed by atoms with E-state index in [-0.39, 0.29) is 11.9 Å². The van der Waals surface area contributed by atoms with Gasteiger partial charge in [-0.25, -0.2) is 4.79 Å². The minimum atomic E-state index is -0.113. The van der Waals surface area contributed by atoms with Gasteiger partial charge in [0.2, 0.25) is 5.91 Å². The number of rotatable bonds is 7. The minimum Gasteiger partial charge on any atom is -0.494 e. The van der Waals surface area contributed by atoms with Crippen LogP contribution in [0.3, 0.4) is 0 Å². The van der Waals surface area contributed by atoms with Gasteiger partial charge in [-0.2, -0.15) is 0 Å². The fraction of sp³-hybridized carbons (Fsp3) is 0.385. The second-order valence-corrected chi connectivity index (χ2v) is 8.25. The van der Waals surface area contributed by atoms with Gasteiger partial charge >= 0.3 is 6.03 Å². The molecule has 0 radical (unpaired) electrons. The standard InChI is InChI=1S/C26H32N4O3/c1-4-28(5-2)25(31)18-29-13-12-20-15-22(8-10-24(20)29)27-26(32)30-14-11-19-7-9-23(33-6-3)16-21(19)17-30/h7-10,12-13,15-16H,4-6,11,14,17-18H2,1-3H3,(H,27,32). The van der Waals surface area contributed by atoms with Crippen LogP contribution in [0.1, 0.15) is 31.9 Å². The molecule has 4 rings (SSSR count). The molecule has 1 aliphatic rings. The summed E-state index contributed by atoms with van der Waals surface area (Å²) in [6, 6.07) is 13.8.